The maximum Gasteiger partial charge on any atom is 0.226 e. The third-order valence-corrected chi connectivity index (χ3v) is 5.81. The maximum atomic E-state index is 13.8. The van der Waals surface area contributed by atoms with Crippen LogP contribution in [-0.2, 0) is 17.6 Å². The van der Waals surface area contributed by atoms with Gasteiger partial charge in [-0.1, -0.05) is 12.1 Å². The SMILES string of the molecule is COc1ccc(CCNC(=O)Cc2c(-c3ccc(F)c(C)c3)nc3ccc(C)cn23)cc1OC. The number of carbonyl (C=O) groups excluding carboxylic acids is 1. The number of rotatable bonds is 8. The van der Waals surface area contributed by atoms with Crippen LogP contribution in [0.3, 0.4) is 0 Å². The first-order valence-electron chi connectivity index (χ1n) is 11.1. The lowest BCUT2D eigenvalue weighted by atomic mass is 10.1. The van der Waals surface area contributed by atoms with E-state index in [1.807, 2.05) is 47.9 Å². The third kappa shape index (κ3) is 4.88. The van der Waals surface area contributed by atoms with Gasteiger partial charge in [-0.15, -0.1) is 0 Å². The molecule has 0 radical (unpaired) electrons. The molecule has 7 heteroatoms. The molecule has 0 atom stereocenters. The summed E-state index contributed by atoms with van der Waals surface area (Å²) in [4.78, 5) is 17.6. The van der Waals surface area contributed by atoms with Crippen LogP contribution in [-0.4, -0.2) is 36.1 Å². The van der Waals surface area contributed by atoms with Crippen LogP contribution < -0.4 is 14.8 Å². The molecule has 176 valence electrons. The van der Waals surface area contributed by atoms with E-state index in [-0.39, 0.29) is 18.1 Å². The Morgan fingerprint density at radius 2 is 1.82 bits per heavy atom. The van der Waals surface area contributed by atoms with Crippen molar-refractivity contribution in [1.82, 2.24) is 14.7 Å². The number of pyridine rings is 1. The highest BCUT2D eigenvalue weighted by molar-refractivity contribution is 5.81. The van der Waals surface area contributed by atoms with Crippen molar-refractivity contribution >= 4 is 11.6 Å². The highest BCUT2D eigenvalue weighted by Crippen LogP contribution is 2.28. The van der Waals surface area contributed by atoms with Crippen molar-refractivity contribution in [3.05, 3.63) is 82.9 Å². The Morgan fingerprint density at radius 1 is 1.03 bits per heavy atom. The smallest absolute Gasteiger partial charge is 0.226 e. The van der Waals surface area contributed by atoms with Gasteiger partial charge in [-0.05, 0) is 73.4 Å². The van der Waals surface area contributed by atoms with Crippen molar-refractivity contribution in [3.8, 4) is 22.8 Å². The molecule has 34 heavy (non-hydrogen) atoms. The highest BCUT2D eigenvalue weighted by Gasteiger charge is 2.18. The number of aromatic nitrogens is 2. The summed E-state index contributed by atoms with van der Waals surface area (Å²) in [5.74, 6) is 0.954. The zero-order chi connectivity index (χ0) is 24.2. The van der Waals surface area contributed by atoms with E-state index in [1.165, 1.54) is 6.07 Å². The van der Waals surface area contributed by atoms with E-state index in [2.05, 4.69) is 5.32 Å². The van der Waals surface area contributed by atoms with Crippen LogP contribution in [0.1, 0.15) is 22.4 Å². The van der Waals surface area contributed by atoms with Crippen LogP contribution in [0.4, 0.5) is 4.39 Å². The quantitative estimate of drug-likeness (QED) is 0.414. The van der Waals surface area contributed by atoms with E-state index in [4.69, 9.17) is 14.5 Å². The summed E-state index contributed by atoms with van der Waals surface area (Å²) in [6.07, 6.45) is 2.78. The molecule has 0 aliphatic heterocycles. The molecule has 0 fully saturated rings. The van der Waals surface area contributed by atoms with Gasteiger partial charge in [0, 0.05) is 18.3 Å². The number of fused-ring (bicyclic) bond motifs is 1. The summed E-state index contributed by atoms with van der Waals surface area (Å²) in [6.45, 7) is 4.20. The summed E-state index contributed by atoms with van der Waals surface area (Å²) in [5, 5.41) is 3.00. The number of methoxy groups -OCH3 is 2. The second kappa shape index (κ2) is 9.95. The molecule has 1 amide bonds. The third-order valence-electron chi connectivity index (χ3n) is 5.81. The fraction of sp³-hybridized carbons (Fsp3) is 0.259. The minimum Gasteiger partial charge on any atom is -0.493 e. The van der Waals surface area contributed by atoms with E-state index in [0.717, 1.165) is 28.0 Å². The number of ether oxygens (including phenoxy) is 2. The van der Waals surface area contributed by atoms with E-state index in [0.29, 0.717) is 35.7 Å². The molecule has 4 aromatic rings. The molecule has 2 aromatic heterocycles. The average Bonchev–Trinajstić information content (AvgIpc) is 3.18. The predicted octanol–water partition coefficient (Wildman–Crippen LogP) is 4.68. The molecule has 6 nitrogen and oxygen atoms in total. The highest BCUT2D eigenvalue weighted by atomic mass is 19.1. The molecule has 1 N–H and O–H groups in total. The maximum absolute atomic E-state index is 13.8. The van der Waals surface area contributed by atoms with Gasteiger partial charge < -0.3 is 19.2 Å². The standard InChI is InChI=1S/C27H28FN3O3/c1-17-5-10-25-30-27(20-7-8-21(28)18(2)13-20)22(31(25)16-17)15-26(32)29-12-11-19-6-9-23(33-3)24(14-19)34-4/h5-10,13-14,16H,11-12,15H2,1-4H3,(H,29,32). The Bertz CT molecular complexity index is 1350. The second-order valence-corrected chi connectivity index (χ2v) is 8.27. The molecule has 2 heterocycles. The minimum atomic E-state index is -0.266. The van der Waals surface area contributed by atoms with Crippen molar-refractivity contribution < 1.29 is 18.7 Å². The summed E-state index contributed by atoms with van der Waals surface area (Å²) in [5.41, 5.74) is 5.62. The van der Waals surface area contributed by atoms with Crippen molar-refractivity contribution in [3.63, 3.8) is 0 Å². The Balaban J connectivity index is 1.53. The topological polar surface area (TPSA) is 64.9 Å². The normalized spacial score (nSPS) is 11.0. The molecule has 0 aliphatic rings. The second-order valence-electron chi connectivity index (χ2n) is 8.27. The predicted molar refractivity (Wildman–Crippen MR) is 130 cm³/mol. The summed E-state index contributed by atoms with van der Waals surface area (Å²) >= 11 is 0. The van der Waals surface area contributed by atoms with Gasteiger partial charge in [0.1, 0.15) is 11.5 Å². The van der Waals surface area contributed by atoms with E-state index in [1.54, 1.807) is 33.3 Å². The Morgan fingerprint density at radius 3 is 2.56 bits per heavy atom. The lowest BCUT2D eigenvalue weighted by molar-refractivity contribution is -0.120. The molecule has 0 bridgehead atoms. The van der Waals surface area contributed by atoms with Gasteiger partial charge in [-0.2, -0.15) is 0 Å². The number of nitrogens with zero attached hydrogens (tertiary/aromatic N) is 2. The monoisotopic (exact) mass is 461 g/mol. The van der Waals surface area contributed by atoms with Crippen molar-refractivity contribution in [1.29, 1.82) is 0 Å². The van der Waals surface area contributed by atoms with Gasteiger partial charge in [-0.25, -0.2) is 9.37 Å². The molecule has 0 unspecified atom stereocenters. The first kappa shape index (κ1) is 23.3. The number of halogens is 1. The molecular formula is C27H28FN3O3. The number of amides is 1. The Hall–Kier alpha value is -3.87. The average molecular weight is 462 g/mol. The molecule has 4 rings (SSSR count). The number of carbonyl (C=O) groups is 1. The van der Waals surface area contributed by atoms with Crippen LogP contribution in [0, 0.1) is 19.7 Å². The zero-order valence-electron chi connectivity index (χ0n) is 19.8. The van der Waals surface area contributed by atoms with Crippen LogP contribution >= 0.6 is 0 Å². The van der Waals surface area contributed by atoms with E-state index in [9.17, 15) is 9.18 Å². The van der Waals surface area contributed by atoms with Gasteiger partial charge in [0.2, 0.25) is 5.91 Å². The first-order chi connectivity index (χ1) is 16.4. The van der Waals surface area contributed by atoms with Gasteiger partial charge in [0.05, 0.1) is 32.0 Å². The molecule has 0 saturated heterocycles. The molecule has 0 spiro atoms. The summed E-state index contributed by atoms with van der Waals surface area (Å²) in [7, 11) is 3.20. The molecular weight excluding hydrogens is 433 g/mol. The zero-order valence-corrected chi connectivity index (χ0v) is 19.8. The number of hydrogen-bond acceptors (Lipinski definition) is 4. The molecule has 0 aliphatic carbocycles. The molecule has 0 saturated carbocycles. The Labute approximate surface area is 198 Å². The van der Waals surface area contributed by atoms with E-state index < -0.39 is 0 Å². The van der Waals surface area contributed by atoms with Crippen molar-refractivity contribution in [2.45, 2.75) is 26.7 Å². The van der Waals surface area contributed by atoms with Crippen LogP contribution in [0.5, 0.6) is 11.5 Å². The van der Waals surface area contributed by atoms with Crippen molar-refractivity contribution in [2.24, 2.45) is 0 Å². The van der Waals surface area contributed by atoms with Crippen LogP contribution in [0.15, 0.2) is 54.7 Å². The van der Waals surface area contributed by atoms with Gasteiger partial charge in [-0.3, -0.25) is 4.79 Å². The summed E-state index contributed by atoms with van der Waals surface area (Å²) < 4.78 is 26.4. The number of aryl methyl sites for hydroxylation is 2. The molecule has 2 aromatic carbocycles. The largest absolute Gasteiger partial charge is 0.493 e. The van der Waals surface area contributed by atoms with E-state index >= 15 is 0 Å². The fourth-order valence-corrected chi connectivity index (χ4v) is 3.99. The lowest BCUT2D eigenvalue weighted by Gasteiger charge is -2.11. The Kier molecular flexibility index (Phi) is 6.82. The number of nitrogens with one attached hydrogen (secondary N) is 1. The lowest BCUT2D eigenvalue weighted by Crippen LogP contribution is -2.27. The minimum absolute atomic E-state index is 0.108. The van der Waals surface area contributed by atoms with Crippen LogP contribution in [0.2, 0.25) is 0 Å². The number of imidazole rings is 1. The number of benzene rings is 2. The first-order valence-corrected chi connectivity index (χ1v) is 11.1. The van der Waals surface area contributed by atoms with Crippen molar-refractivity contribution in [2.75, 3.05) is 20.8 Å². The fourth-order valence-electron chi connectivity index (χ4n) is 3.99. The number of hydrogen-bond donors (Lipinski definition) is 1. The summed E-state index contributed by atoms with van der Waals surface area (Å²) in [6, 6.07) is 14.5. The van der Waals surface area contributed by atoms with Gasteiger partial charge >= 0.3 is 0 Å². The van der Waals surface area contributed by atoms with Gasteiger partial charge in [0.25, 0.3) is 0 Å². The van der Waals surface area contributed by atoms with Crippen LogP contribution in [0.25, 0.3) is 16.9 Å². The van der Waals surface area contributed by atoms with Gasteiger partial charge in [0.15, 0.2) is 11.5 Å².